The first kappa shape index (κ1) is 15.2. The SMILES string of the molecule is CCNc1cc(NCC(=O)N(C)CC)nc(CC)n1. The summed E-state index contributed by atoms with van der Waals surface area (Å²) in [6.45, 7) is 7.72. The highest BCUT2D eigenvalue weighted by Crippen LogP contribution is 2.11. The van der Waals surface area contributed by atoms with E-state index < -0.39 is 0 Å². The van der Waals surface area contributed by atoms with Gasteiger partial charge >= 0.3 is 0 Å². The zero-order valence-electron chi connectivity index (χ0n) is 12.2. The lowest BCUT2D eigenvalue weighted by Crippen LogP contribution is -2.32. The Bertz CT molecular complexity index is 421. The van der Waals surface area contributed by atoms with E-state index in [1.54, 1.807) is 11.9 Å². The van der Waals surface area contributed by atoms with Gasteiger partial charge < -0.3 is 15.5 Å². The molecule has 0 saturated heterocycles. The minimum absolute atomic E-state index is 0.0455. The molecule has 1 rings (SSSR count). The van der Waals surface area contributed by atoms with Gasteiger partial charge in [-0.25, -0.2) is 9.97 Å². The number of nitrogens with one attached hydrogen (secondary N) is 2. The van der Waals surface area contributed by atoms with E-state index in [1.165, 1.54) is 0 Å². The van der Waals surface area contributed by atoms with Crippen LogP contribution in [0.25, 0.3) is 0 Å². The van der Waals surface area contributed by atoms with E-state index in [2.05, 4.69) is 20.6 Å². The van der Waals surface area contributed by atoms with Crippen molar-refractivity contribution < 1.29 is 4.79 Å². The summed E-state index contributed by atoms with van der Waals surface area (Å²) in [7, 11) is 1.78. The topological polar surface area (TPSA) is 70.2 Å². The van der Waals surface area contributed by atoms with Crippen molar-refractivity contribution in [2.45, 2.75) is 27.2 Å². The fourth-order valence-corrected chi connectivity index (χ4v) is 1.49. The second-order valence-electron chi connectivity index (χ2n) is 4.20. The molecule has 0 saturated carbocycles. The van der Waals surface area contributed by atoms with Crippen LogP contribution in [0, 0.1) is 0 Å². The van der Waals surface area contributed by atoms with Gasteiger partial charge in [0.15, 0.2) is 0 Å². The van der Waals surface area contributed by atoms with Crippen molar-refractivity contribution in [1.29, 1.82) is 0 Å². The predicted molar refractivity (Wildman–Crippen MR) is 77.4 cm³/mol. The lowest BCUT2D eigenvalue weighted by atomic mass is 10.4. The summed E-state index contributed by atoms with van der Waals surface area (Å²) in [5, 5.41) is 6.21. The Morgan fingerprint density at radius 2 is 1.84 bits per heavy atom. The second-order valence-corrected chi connectivity index (χ2v) is 4.20. The summed E-state index contributed by atoms with van der Waals surface area (Å²) < 4.78 is 0. The number of likely N-dealkylation sites (N-methyl/N-ethyl adjacent to an activating group) is 1. The van der Waals surface area contributed by atoms with Gasteiger partial charge in [0.2, 0.25) is 5.91 Å². The lowest BCUT2D eigenvalue weighted by molar-refractivity contribution is -0.127. The van der Waals surface area contributed by atoms with E-state index in [-0.39, 0.29) is 12.5 Å². The Kier molecular flexibility index (Phi) is 6.05. The van der Waals surface area contributed by atoms with Crippen LogP contribution in [-0.4, -0.2) is 47.5 Å². The summed E-state index contributed by atoms with van der Waals surface area (Å²) in [6.07, 6.45) is 0.761. The van der Waals surface area contributed by atoms with E-state index >= 15 is 0 Å². The fourth-order valence-electron chi connectivity index (χ4n) is 1.49. The monoisotopic (exact) mass is 265 g/mol. The average Bonchev–Trinajstić information content (AvgIpc) is 2.43. The first-order chi connectivity index (χ1) is 9.10. The third kappa shape index (κ3) is 4.73. The number of amides is 1. The van der Waals surface area contributed by atoms with E-state index in [0.717, 1.165) is 24.6 Å². The maximum atomic E-state index is 11.7. The zero-order valence-corrected chi connectivity index (χ0v) is 12.2. The average molecular weight is 265 g/mol. The molecule has 0 radical (unpaired) electrons. The number of anilines is 2. The Morgan fingerprint density at radius 3 is 2.37 bits per heavy atom. The first-order valence-electron chi connectivity index (χ1n) is 6.70. The summed E-state index contributed by atoms with van der Waals surface area (Å²) in [6, 6.07) is 1.82. The Labute approximate surface area is 114 Å². The molecule has 0 unspecified atom stereocenters. The molecule has 0 atom stereocenters. The predicted octanol–water partition coefficient (Wildman–Crippen LogP) is 1.36. The molecule has 0 aliphatic heterocycles. The highest BCUT2D eigenvalue weighted by Gasteiger charge is 2.08. The molecule has 1 aromatic heterocycles. The Hall–Kier alpha value is -1.85. The molecule has 0 aliphatic carbocycles. The largest absolute Gasteiger partial charge is 0.370 e. The van der Waals surface area contributed by atoms with Crippen molar-refractivity contribution in [3.8, 4) is 0 Å². The van der Waals surface area contributed by atoms with Crippen molar-refractivity contribution in [2.75, 3.05) is 37.3 Å². The van der Waals surface area contributed by atoms with Gasteiger partial charge in [0.25, 0.3) is 0 Å². The number of carbonyl (C=O) groups excluding carboxylic acids is 1. The molecule has 1 heterocycles. The van der Waals surface area contributed by atoms with Crippen LogP contribution >= 0.6 is 0 Å². The summed E-state index contributed by atoms with van der Waals surface area (Å²) in [5.41, 5.74) is 0. The van der Waals surface area contributed by atoms with E-state index in [9.17, 15) is 4.79 Å². The molecule has 1 amide bonds. The van der Waals surface area contributed by atoms with Gasteiger partial charge in [0.05, 0.1) is 6.54 Å². The molecule has 0 spiro atoms. The molecule has 1 aromatic rings. The highest BCUT2D eigenvalue weighted by molar-refractivity contribution is 5.80. The van der Waals surface area contributed by atoms with Gasteiger partial charge in [-0.1, -0.05) is 6.92 Å². The molecule has 6 nitrogen and oxygen atoms in total. The number of aryl methyl sites for hydroxylation is 1. The minimum Gasteiger partial charge on any atom is -0.370 e. The summed E-state index contributed by atoms with van der Waals surface area (Å²) in [5.74, 6) is 2.27. The van der Waals surface area contributed by atoms with E-state index in [0.29, 0.717) is 12.4 Å². The van der Waals surface area contributed by atoms with Crippen molar-refractivity contribution in [3.63, 3.8) is 0 Å². The molecule has 0 fully saturated rings. The van der Waals surface area contributed by atoms with Crippen LogP contribution in [0.1, 0.15) is 26.6 Å². The maximum Gasteiger partial charge on any atom is 0.241 e. The molecule has 0 aliphatic rings. The van der Waals surface area contributed by atoms with Gasteiger partial charge in [0, 0.05) is 32.6 Å². The number of nitrogens with zero attached hydrogens (tertiary/aromatic N) is 3. The van der Waals surface area contributed by atoms with Crippen molar-refractivity contribution in [1.82, 2.24) is 14.9 Å². The van der Waals surface area contributed by atoms with Gasteiger partial charge in [0.1, 0.15) is 17.5 Å². The zero-order chi connectivity index (χ0) is 14.3. The van der Waals surface area contributed by atoms with Crippen LogP contribution in [0.5, 0.6) is 0 Å². The maximum absolute atomic E-state index is 11.7. The number of hydrogen-bond donors (Lipinski definition) is 2. The molecular weight excluding hydrogens is 242 g/mol. The van der Waals surface area contributed by atoms with Crippen LogP contribution in [0.2, 0.25) is 0 Å². The van der Waals surface area contributed by atoms with Crippen LogP contribution < -0.4 is 10.6 Å². The van der Waals surface area contributed by atoms with Crippen molar-refractivity contribution in [3.05, 3.63) is 11.9 Å². The van der Waals surface area contributed by atoms with Gasteiger partial charge in [-0.15, -0.1) is 0 Å². The molecule has 0 bridgehead atoms. The van der Waals surface area contributed by atoms with E-state index in [4.69, 9.17) is 0 Å². The van der Waals surface area contributed by atoms with Crippen LogP contribution in [-0.2, 0) is 11.2 Å². The third-order valence-corrected chi connectivity index (χ3v) is 2.77. The van der Waals surface area contributed by atoms with Crippen LogP contribution in [0.15, 0.2) is 6.07 Å². The molecule has 2 N–H and O–H groups in total. The lowest BCUT2D eigenvalue weighted by Gasteiger charge is -2.15. The fraction of sp³-hybridized carbons (Fsp3) is 0.615. The normalized spacial score (nSPS) is 10.1. The van der Waals surface area contributed by atoms with Crippen LogP contribution in [0.3, 0.4) is 0 Å². The highest BCUT2D eigenvalue weighted by atomic mass is 16.2. The van der Waals surface area contributed by atoms with Crippen molar-refractivity contribution >= 4 is 17.5 Å². The molecule has 106 valence electrons. The smallest absolute Gasteiger partial charge is 0.241 e. The second kappa shape index (κ2) is 7.56. The standard InChI is InChI=1S/C13H23N5O/c1-5-10-16-11(14-6-2)8-12(17-10)15-9-13(19)18(4)7-3/h8H,5-7,9H2,1-4H3,(H2,14,15,16,17). The third-order valence-electron chi connectivity index (χ3n) is 2.77. The summed E-state index contributed by atoms with van der Waals surface area (Å²) >= 11 is 0. The van der Waals surface area contributed by atoms with Gasteiger partial charge in [-0.3, -0.25) is 4.79 Å². The number of hydrogen-bond acceptors (Lipinski definition) is 5. The molecular formula is C13H23N5O. The number of aromatic nitrogens is 2. The van der Waals surface area contributed by atoms with E-state index in [1.807, 2.05) is 26.8 Å². The van der Waals surface area contributed by atoms with Gasteiger partial charge in [-0.2, -0.15) is 0 Å². The Morgan fingerprint density at radius 1 is 1.21 bits per heavy atom. The Balaban J connectivity index is 2.71. The quantitative estimate of drug-likeness (QED) is 0.779. The number of rotatable bonds is 7. The molecule has 6 heteroatoms. The first-order valence-corrected chi connectivity index (χ1v) is 6.70. The van der Waals surface area contributed by atoms with Gasteiger partial charge in [-0.05, 0) is 13.8 Å². The minimum atomic E-state index is 0.0455. The summed E-state index contributed by atoms with van der Waals surface area (Å²) in [4.78, 5) is 22.1. The molecule has 0 aromatic carbocycles. The molecule has 19 heavy (non-hydrogen) atoms. The number of carbonyl (C=O) groups is 1. The van der Waals surface area contributed by atoms with Crippen molar-refractivity contribution in [2.24, 2.45) is 0 Å². The van der Waals surface area contributed by atoms with Crippen LogP contribution in [0.4, 0.5) is 11.6 Å².